The number of nitrogens with zero attached hydrogens (tertiary/aromatic N) is 1. The maximum Gasteiger partial charge on any atom is 0.220 e. The summed E-state index contributed by atoms with van der Waals surface area (Å²) in [6, 6.07) is 0.611. The Bertz CT molecular complexity index is 271. The molecule has 0 aliphatic carbocycles. The van der Waals surface area contributed by atoms with Gasteiger partial charge in [0, 0.05) is 19.2 Å². The van der Waals surface area contributed by atoms with Gasteiger partial charge >= 0.3 is 0 Å². The predicted octanol–water partition coefficient (Wildman–Crippen LogP) is 1.65. The maximum absolute atomic E-state index is 10.9. The van der Waals surface area contributed by atoms with Crippen LogP contribution < -0.4 is 5.32 Å². The van der Waals surface area contributed by atoms with Crippen molar-refractivity contribution in [1.82, 2.24) is 10.2 Å². The van der Waals surface area contributed by atoms with E-state index in [1.807, 2.05) is 6.20 Å². The van der Waals surface area contributed by atoms with Gasteiger partial charge in [-0.25, -0.2) is 0 Å². The molecule has 2 rings (SSSR count). The van der Waals surface area contributed by atoms with Crippen LogP contribution in [0, 0.1) is 0 Å². The van der Waals surface area contributed by atoms with Crippen molar-refractivity contribution in [2.24, 2.45) is 0 Å². The Balaban J connectivity index is 2.03. The zero-order chi connectivity index (χ0) is 10.7. The Kier molecular flexibility index (Phi) is 3.41. The molecule has 0 spiro atoms. The highest BCUT2D eigenvalue weighted by molar-refractivity contribution is 5.74. The molecular weight excluding hydrogens is 188 g/mol. The second-order valence-electron chi connectivity index (χ2n) is 4.57. The fourth-order valence-corrected chi connectivity index (χ4v) is 2.69. The van der Waals surface area contributed by atoms with Gasteiger partial charge in [0.05, 0.1) is 0 Å². The standard InChI is InChI=1S/C12H20N2O/c1-10(15)13-9-11-5-4-8-14-7-3-2-6-12(11)14/h9,12H,2-8H2,1H3,(H,13,15)/b11-9+. The Morgan fingerprint density at radius 3 is 3.00 bits per heavy atom. The SMILES string of the molecule is CC(=O)N/C=C1\CCCN2CCCCC12. The number of amides is 1. The first-order valence-corrected chi connectivity index (χ1v) is 5.97. The highest BCUT2D eigenvalue weighted by Gasteiger charge is 2.28. The summed E-state index contributed by atoms with van der Waals surface area (Å²) in [7, 11) is 0. The molecule has 84 valence electrons. The van der Waals surface area contributed by atoms with E-state index in [9.17, 15) is 4.79 Å². The van der Waals surface area contributed by atoms with E-state index in [2.05, 4.69) is 10.2 Å². The van der Waals surface area contributed by atoms with Crippen molar-refractivity contribution in [1.29, 1.82) is 0 Å². The molecule has 0 saturated carbocycles. The molecule has 3 heteroatoms. The van der Waals surface area contributed by atoms with Gasteiger partial charge in [0.2, 0.25) is 5.91 Å². The van der Waals surface area contributed by atoms with E-state index in [0.29, 0.717) is 6.04 Å². The molecule has 0 aromatic rings. The van der Waals surface area contributed by atoms with Crippen molar-refractivity contribution < 1.29 is 4.79 Å². The normalized spacial score (nSPS) is 29.9. The summed E-state index contributed by atoms with van der Waals surface area (Å²) in [6.45, 7) is 4.04. The van der Waals surface area contributed by atoms with E-state index in [-0.39, 0.29) is 5.91 Å². The Hall–Kier alpha value is -0.830. The topological polar surface area (TPSA) is 32.3 Å². The summed E-state index contributed by atoms with van der Waals surface area (Å²) in [5.41, 5.74) is 1.43. The van der Waals surface area contributed by atoms with Crippen molar-refractivity contribution in [3.05, 3.63) is 11.8 Å². The summed E-state index contributed by atoms with van der Waals surface area (Å²) < 4.78 is 0. The Morgan fingerprint density at radius 1 is 1.40 bits per heavy atom. The first-order chi connectivity index (χ1) is 7.27. The van der Waals surface area contributed by atoms with Gasteiger partial charge in [-0.1, -0.05) is 6.42 Å². The third-order valence-electron chi connectivity index (χ3n) is 3.41. The molecule has 1 unspecified atom stereocenters. The van der Waals surface area contributed by atoms with Crippen molar-refractivity contribution in [3.63, 3.8) is 0 Å². The van der Waals surface area contributed by atoms with Gasteiger partial charge in [0.1, 0.15) is 0 Å². The Labute approximate surface area is 91.5 Å². The number of hydrogen-bond donors (Lipinski definition) is 1. The van der Waals surface area contributed by atoms with Crippen molar-refractivity contribution in [2.45, 2.75) is 45.1 Å². The Morgan fingerprint density at radius 2 is 2.20 bits per heavy atom. The van der Waals surface area contributed by atoms with E-state index in [4.69, 9.17) is 0 Å². The third kappa shape index (κ3) is 2.59. The molecule has 2 fully saturated rings. The van der Waals surface area contributed by atoms with Gasteiger partial charge in [-0.15, -0.1) is 0 Å². The average Bonchev–Trinajstić information content (AvgIpc) is 2.26. The average molecular weight is 208 g/mol. The van der Waals surface area contributed by atoms with Crippen LogP contribution in [0.4, 0.5) is 0 Å². The van der Waals surface area contributed by atoms with Gasteiger partial charge in [-0.3, -0.25) is 9.69 Å². The van der Waals surface area contributed by atoms with Crippen LogP contribution in [-0.2, 0) is 4.79 Å². The van der Waals surface area contributed by atoms with Crippen LogP contribution >= 0.6 is 0 Å². The highest BCUT2D eigenvalue weighted by atomic mass is 16.1. The fraction of sp³-hybridized carbons (Fsp3) is 0.750. The van der Waals surface area contributed by atoms with Gasteiger partial charge in [-0.05, 0) is 44.3 Å². The summed E-state index contributed by atoms with van der Waals surface area (Å²) >= 11 is 0. The molecule has 2 saturated heterocycles. The van der Waals surface area contributed by atoms with Crippen LogP contribution in [0.15, 0.2) is 11.8 Å². The van der Waals surface area contributed by atoms with Crippen LogP contribution in [0.1, 0.15) is 39.0 Å². The second-order valence-corrected chi connectivity index (χ2v) is 4.57. The number of carbonyl (C=O) groups is 1. The van der Waals surface area contributed by atoms with Crippen molar-refractivity contribution in [2.75, 3.05) is 13.1 Å². The van der Waals surface area contributed by atoms with Crippen LogP contribution in [0.5, 0.6) is 0 Å². The molecule has 0 aromatic heterocycles. The molecule has 3 nitrogen and oxygen atoms in total. The maximum atomic E-state index is 10.9. The van der Waals surface area contributed by atoms with Gasteiger partial charge in [0.15, 0.2) is 0 Å². The summed E-state index contributed by atoms with van der Waals surface area (Å²) in [4.78, 5) is 13.4. The molecule has 0 radical (unpaired) electrons. The van der Waals surface area contributed by atoms with E-state index in [1.165, 1.54) is 44.3 Å². The number of carbonyl (C=O) groups excluding carboxylic acids is 1. The number of fused-ring (bicyclic) bond motifs is 1. The van der Waals surface area contributed by atoms with Gasteiger partial charge in [-0.2, -0.15) is 0 Å². The quantitative estimate of drug-likeness (QED) is 0.710. The molecule has 2 aliphatic rings. The number of piperidine rings is 2. The number of nitrogens with one attached hydrogen (secondary N) is 1. The van der Waals surface area contributed by atoms with Crippen LogP contribution in [0.3, 0.4) is 0 Å². The summed E-state index contributed by atoms with van der Waals surface area (Å²) in [5, 5.41) is 2.82. The second kappa shape index (κ2) is 4.79. The lowest BCUT2D eigenvalue weighted by Crippen LogP contribution is -2.44. The molecular formula is C12H20N2O. The first-order valence-electron chi connectivity index (χ1n) is 5.97. The minimum Gasteiger partial charge on any atom is -0.333 e. The largest absolute Gasteiger partial charge is 0.333 e. The third-order valence-corrected chi connectivity index (χ3v) is 3.41. The first kappa shape index (κ1) is 10.7. The van der Waals surface area contributed by atoms with E-state index >= 15 is 0 Å². The van der Waals surface area contributed by atoms with E-state index in [0.717, 1.165) is 6.42 Å². The van der Waals surface area contributed by atoms with E-state index < -0.39 is 0 Å². The number of hydrogen-bond acceptors (Lipinski definition) is 2. The molecule has 1 atom stereocenters. The molecule has 2 heterocycles. The molecule has 1 N–H and O–H groups in total. The monoisotopic (exact) mass is 208 g/mol. The predicted molar refractivity (Wildman–Crippen MR) is 60.3 cm³/mol. The van der Waals surface area contributed by atoms with Gasteiger partial charge < -0.3 is 5.32 Å². The van der Waals surface area contributed by atoms with Crippen LogP contribution in [0.2, 0.25) is 0 Å². The van der Waals surface area contributed by atoms with Crippen LogP contribution in [-0.4, -0.2) is 29.9 Å². The molecule has 0 bridgehead atoms. The minimum absolute atomic E-state index is 0.0374. The lowest BCUT2D eigenvalue weighted by atomic mass is 9.89. The zero-order valence-electron chi connectivity index (χ0n) is 9.46. The molecule has 15 heavy (non-hydrogen) atoms. The van der Waals surface area contributed by atoms with Gasteiger partial charge in [0.25, 0.3) is 0 Å². The minimum atomic E-state index is 0.0374. The summed E-state index contributed by atoms with van der Waals surface area (Å²) in [5.74, 6) is 0.0374. The lowest BCUT2D eigenvalue weighted by molar-refractivity contribution is -0.118. The van der Waals surface area contributed by atoms with Crippen LogP contribution in [0.25, 0.3) is 0 Å². The molecule has 1 amide bonds. The smallest absolute Gasteiger partial charge is 0.220 e. The molecule has 0 aromatic carbocycles. The van der Waals surface area contributed by atoms with E-state index in [1.54, 1.807) is 6.92 Å². The zero-order valence-corrected chi connectivity index (χ0v) is 9.46. The highest BCUT2D eigenvalue weighted by Crippen LogP contribution is 2.29. The van der Waals surface area contributed by atoms with Crippen molar-refractivity contribution >= 4 is 5.91 Å². The van der Waals surface area contributed by atoms with Crippen molar-refractivity contribution in [3.8, 4) is 0 Å². The summed E-state index contributed by atoms with van der Waals surface area (Å²) in [6.07, 6.45) is 8.28. The lowest BCUT2D eigenvalue weighted by Gasteiger charge is -2.40. The molecule has 2 aliphatic heterocycles. The number of rotatable bonds is 1. The fourth-order valence-electron chi connectivity index (χ4n) is 2.69.